The molecule has 0 aliphatic heterocycles. The van der Waals surface area contributed by atoms with E-state index in [9.17, 15) is 4.79 Å². The van der Waals surface area contributed by atoms with Crippen LogP contribution >= 0.6 is 0 Å². The number of rotatable bonds is 13. The summed E-state index contributed by atoms with van der Waals surface area (Å²) in [6, 6.07) is 15.8. The highest BCUT2D eigenvalue weighted by Crippen LogP contribution is 2.23. The van der Waals surface area contributed by atoms with E-state index in [-0.39, 0.29) is 12.1 Å². The second-order valence-electron chi connectivity index (χ2n) is 7.72. The Balaban J connectivity index is 1.85. The number of carbonyl (C=O) groups is 1. The average Bonchev–Trinajstić information content (AvgIpc) is 2.75. The lowest BCUT2D eigenvalue weighted by atomic mass is 10.0. The van der Waals surface area contributed by atoms with Crippen LogP contribution in [0, 0.1) is 0 Å². The number of benzene rings is 2. The van der Waals surface area contributed by atoms with Crippen molar-refractivity contribution in [1.29, 1.82) is 0 Å². The van der Waals surface area contributed by atoms with Crippen LogP contribution in [-0.2, 0) is 4.74 Å². The molecule has 1 atom stereocenters. The van der Waals surface area contributed by atoms with E-state index in [0.29, 0.717) is 5.56 Å². The quantitative estimate of drug-likeness (QED) is 0.261. The van der Waals surface area contributed by atoms with Crippen LogP contribution in [0.3, 0.4) is 0 Å². The minimum absolute atomic E-state index is 0.0381. The van der Waals surface area contributed by atoms with Crippen molar-refractivity contribution in [3.8, 4) is 16.9 Å². The van der Waals surface area contributed by atoms with E-state index in [1.54, 1.807) is 0 Å². The van der Waals surface area contributed by atoms with Crippen molar-refractivity contribution in [2.45, 2.75) is 78.2 Å². The van der Waals surface area contributed by atoms with E-state index in [4.69, 9.17) is 9.47 Å². The Bertz CT molecular complexity index is 704. The lowest BCUT2D eigenvalue weighted by Crippen LogP contribution is -2.15. The molecule has 1 unspecified atom stereocenters. The van der Waals surface area contributed by atoms with Gasteiger partial charge in [-0.25, -0.2) is 4.79 Å². The smallest absolute Gasteiger partial charge is 0.338 e. The number of unbranched alkanes of at least 4 members (excludes halogenated alkanes) is 5. The number of esters is 1. The molecule has 0 aromatic heterocycles. The van der Waals surface area contributed by atoms with Gasteiger partial charge >= 0.3 is 5.97 Å². The molecule has 0 saturated heterocycles. The molecular formula is C26H36O3. The fourth-order valence-electron chi connectivity index (χ4n) is 3.25. The van der Waals surface area contributed by atoms with E-state index >= 15 is 0 Å². The van der Waals surface area contributed by atoms with Crippen LogP contribution in [0.1, 0.15) is 82.5 Å². The van der Waals surface area contributed by atoms with Gasteiger partial charge in [0.2, 0.25) is 0 Å². The molecule has 0 aliphatic rings. The Morgan fingerprint density at radius 1 is 0.793 bits per heavy atom. The van der Waals surface area contributed by atoms with Crippen molar-refractivity contribution in [2.24, 2.45) is 0 Å². The van der Waals surface area contributed by atoms with Crippen molar-refractivity contribution in [1.82, 2.24) is 0 Å². The van der Waals surface area contributed by atoms with Crippen LogP contribution in [0.15, 0.2) is 48.5 Å². The van der Waals surface area contributed by atoms with Crippen LogP contribution in [0.5, 0.6) is 5.75 Å². The molecule has 2 aromatic rings. The van der Waals surface area contributed by atoms with Gasteiger partial charge in [-0.1, -0.05) is 70.2 Å². The monoisotopic (exact) mass is 396 g/mol. The SMILES string of the molecule is CCCCCCC(C)OC(=O)c1ccc(-c2ccc(OCCCCC)cc2)cc1. The van der Waals surface area contributed by atoms with Crippen LogP contribution < -0.4 is 4.74 Å². The summed E-state index contributed by atoms with van der Waals surface area (Å²) in [5.41, 5.74) is 2.78. The standard InChI is InChI=1S/C26H36O3/c1-4-6-8-9-11-21(3)29-26(27)24-14-12-22(13-15-24)23-16-18-25(19-17-23)28-20-10-7-5-2/h12-19,21H,4-11,20H2,1-3H3. The third kappa shape index (κ3) is 8.31. The van der Waals surface area contributed by atoms with E-state index in [1.165, 1.54) is 32.1 Å². The summed E-state index contributed by atoms with van der Waals surface area (Å²) in [7, 11) is 0. The zero-order valence-electron chi connectivity index (χ0n) is 18.3. The predicted molar refractivity (Wildman–Crippen MR) is 121 cm³/mol. The molecule has 29 heavy (non-hydrogen) atoms. The van der Waals surface area contributed by atoms with Crippen LogP contribution in [0.25, 0.3) is 11.1 Å². The van der Waals surface area contributed by atoms with Gasteiger partial charge in [0.25, 0.3) is 0 Å². The highest BCUT2D eigenvalue weighted by atomic mass is 16.5. The third-order valence-electron chi connectivity index (χ3n) is 5.10. The molecule has 0 fully saturated rings. The Labute approximate surface area is 176 Å². The fourth-order valence-corrected chi connectivity index (χ4v) is 3.25. The summed E-state index contributed by atoms with van der Waals surface area (Å²) in [4.78, 5) is 12.3. The molecular weight excluding hydrogens is 360 g/mol. The van der Waals surface area contributed by atoms with Gasteiger partial charge in [-0.3, -0.25) is 0 Å². The predicted octanol–water partition coefficient (Wildman–Crippen LogP) is 7.44. The molecule has 2 rings (SSSR count). The van der Waals surface area contributed by atoms with Crippen molar-refractivity contribution in [2.75, 3.05) is 6.61 Å². The highest BCUT2D eigenvalue weighted by molar-refractivity contribution is 5.90. The Hall–Kier alpha value is -2.29. The van der Waals surface area contributed by atoms with Gasteiger partial charge in [0.15, 0.2) is 0 Å². The van der Waals surface area contributed by atoms with Gasteiger partial charge in [0.1, 0.15) is 5.75 Å². The summed E-state index contributed by atoms with van der Waals surface area (Å²) in [6.07, 6.45) is 9.15. The zero-order chi connectivity index (χ0) is 20.9. The Morgan fingerprint density at radius 2 is 1.38 bits per heavy atom. The highest BCUT2D eigenvalue weighted by Gasteiger charge is 2.12. The van der Waals surface area contributed by atoms with Gasteiger partial charge < -0.3 is 9.47 Å². The van der Waals surface area contributed by atoms with Crippen LogP contribution in [-0.4, -0.2) is 18.7 Å². The lowest BCUT2D eigenvalue weighted by Gasteiger charge is -2.13. The molecule has 3 heteroatoms. The zero-order valence-corrected chi connectivity index (χ0v) is 18.3. The van der Waals surface area contributed by atoms with Crippen LogP contribution in [0.2, 0.25) is 0 Å². The summed E-state index contributed by atoms with van der Waals surface area (Å²) in [5, 5.41) is 0. The molecule has 3 nitrogen and oxygen atoms in total. The summed E-state index contributed by atoms with van der Waals surface area (Å²) >= 11 is 0. The fraction of sp³-hybridized carbons (Fsp3) is 0.500. The topological polar surface area (TPSA) is 35.5 Å². The molecule has 0 bridgehead atoms. The normalized spacial score (nSPS) is 11.8. The van der Waals surface area contributed by atoms with Crippen LogP contribution in [0.4, 0.5) is 0 Å². The van der Waals surface area contributed by atoms with E-state index in [1.807, 2.05) is 43.3 Å². The Morgan fingerprint density at radius 3 is 2.00 bits per heavy atom. The van der Waals surface area contributed by atoms with Gasteiger partial charge in [0.05, 0.1) is 18.3 Å². The maximum Gasteiger partial charge on any atom is 0.338 e. The van der Waals surface area contributed by atoms with E-state index in [0.717, 1.165) is 42.7 Å². The molecule has 0 radical (unpaired) electrons. The molecule has 0 heterocycles. The number of hydrogen-bond acceptors (Lipinski definition) is 3. The molecule has 0 aliphatic carbocycles. The van der Waals surface area contributed by atoms with Crippen molar-refractivity contribution in [3.05, 3.63) is 54.1 Å². The van der Waals surface area contributed by atoms with Gasteiger partial charge in [-0.2, -0.15) is 0 Å². The average molecular weight is 397 g/mol. The second-order valence-corrected chi connectivity index (χ2v) is 7.72. The van der Waals surface area contributed by atoms with E-state index < -0.39 is 0 Å². The third-order valence-corrected chi connectivity index (χ3v) is 5.10. The first-order chi connectivity index (χ1) is 14.1. The van der Waals surface area contributed by atoms with Crippen molar-refractivity contribution in [3.63, 3.8) is 0 Å². The number of hydrogen-bond donors (Lipinski definition) is 0. The number of carbonyl (C=O) groups excluding carboxylic acids is 1. The van der Waals surface area contributed by atoms with Crippen molar-refractivity contribution < 1.29 is 14.3 Å². The molecule has 0 amide bonds. The van der Waals surface area contributed by atoms with Gasteiger partial charge in [-0.15, -0.1) is 0 Å². The molecule has 2 aromatic carbocycles. The largest absolute Gasteiger partial charge is 0.494 e. The summed E-state index contributed by atoms with van der Waals surface area (Å²) in [6.45, 7) is 7.13. The molecule has 0 saturated carbocycles. The second kappa shape index (κ2) is 13.0. The molecule has 158 valence electrons. The minimum atomic E-state index is -0.240. The molecule has 0 N–H and O–H groups in total. The summed E-state index contributed by atoms with van der Waals surface area (Å²) < 4.78 is 11.3. The molecule has 0 spiro atoms. The number of ether oxygens (including phenoxy) is 2. The first-order valence-corrected chi connectivity index (χ1v) is 11.2. The van der Waals surface area contributed by atoms with E-state index in [2.05, 4.69) is 26.0 Å². The first-order valence-electron chi connectivity index (χ1n) is 11.2. The minimum Gasteiger partial charge on any atom is -0.494 e. The first kappa shape index (κ1) is 23.0. The Kier molecular flexibility index (Phi) is 10.3. The van der Waals surface area contributed by atoms with Gasteiger partial charge in [0, 0.05) is 0 Å². The maximum atomic E-state index is 12.3. The van der Waals surface area contributed by atoms with Gasteiger partial charge in [-0.05, 0) is 61.6 Å². The lowest BCUT2D eigenvalue weighted by molar-refractivity contribution is 0.0319. The maximum absolute atomic E-state index is 12.3. The summed E-state index contributed by atoms with van der Waals surface area (Å²) in [5.74, 6) is 0.661. The van der Waals surface area contributed by atoms with Crippen molar-refractivity contribution >= 4 is 5.97 Å².